The Bertz CT molecular complexity index is 588. The van der Waals surface area contributed by atoms with Crippen molar-refractivity contribution in [2.24, 2.45) is 0 Å². The standard InChI is InChI=1S/C16H32O10P2/c1-7-20-27(17,21-8-2)11-28(18,22-9-3)23-10-12-13-14(15(19-6)24-12)26-16(4,5)25-13/h12-15H,7-11H2,1-6H3/t12-,13-,14-,15-,28?/m1/s1. The van der Waals surface area contributed by atoms with Crippen LogP contribution in [0.2, 0.25) is 0 Å². The normalized spacial score (nSPS) is 31.6. The van der Waals surface area contributed by atoms with Gasteiger partial charge in [0.1, 0.15) is 18.3 Å². The largest absolute Gasteiger partial charge is 0.353 e. The summed E-state index contributed by atoms with van der Waals surface area (Å²) in [7, 11) is -5.90. The number of ether oxygens (including phenoxy) is 4. The molecule has 2 aliphatic rings. The molecule has 0 saturated carbocycles. The summed E-state index contributed by atoms with van der Waals surface area (Å²) in [5, 5.41) is 0. The average molecular weight is 446 g/mol. The predicted molar refractivity (Wildman–Crippen MR) is 100 cm³/mol. The summed E-state index contributed by atoms with van der Waals surface area (Å²) in [5.41, 5.74) is 0. The molecule has 0 spiro atoms. The zero-order valence-electron chi connectivity index (χ0n) is 17.3. The molecule has 2 saturated heterocycles. The van der Waals surface area contributed by atoms with Gasteiger partial charge in [0.15, 0.2) is 18.0 Å². The maximum absolute atomic E-state index is 13.2. The summed E-state index contributed by atoms with van der Waals surface area (Å²) in [6.45, 7) is 8.90. The van der Waals surface area contributed by atoms with E-state index in [0.29, 0.717) is 0 Å². The van der Waals surface area contributed by atoms with Gasteiger partial charge >= 0.3 is 15.2 Å². The molecule has 2 aliphatic heterocycles. The van der Waals surface area contributed by atoms with Crippen molar-refractivity contribution in [3.8, 4) is 0 Å². The lowest BCUT2D eigenvalue weighted by molar-refractivity contribution is -0.229. The van der Waals surface area contributed by atoms with Gasteiger partial charge in [-0.15, -0.1) is 0 Å². The molecule has 12 heteroatoms. The van der Waals surface area contributed by atoms with Crippen LogP contribution in [0.25, 0.3) is 0 Å². The summed E-state index contributed by atoms with van der Waals surface area (Å²) in [4.78, 5) is 0. The fourth-order valence-electron chi connectivity index (χ4n) is 3.19. The molecule has 0 amide bonds. The third-order valence-corrected chi connectivity index (χ3v) is 9.37. The molecule has 0 bridgehead atoms. The molecule has 0 radical (unpaired) electrons. The zero-order valence-corrected chi connectivity index (χ0v) is 19.1. The van der Waals surface area contributed by atoms with Crippen molar-refractivity contribution < 1.29 is 46.2 Å². The van der Waals surface area contributed by atoms with E-state index in [1.807, 2.05) is 0 Å². The Morgan fingerprint density at radius 2 is 1.36 bits per heavy atom. The minimum absolute atomic E-state index is 0.112. The van der Waals surface area contributed by atoms with Gasteiger partial charge in [0, 0.05) is 7.11 Å². The lowest BCUT2D eigenvalue weighted by Crippen LogP contribution is -2.32. The maximum Gasteiger partial charge on any atom is 0.342 e. The Morgan fingerprint density at radius 1 is 0.857 bits per heavy atom. The van der Waals surface area contributed by atoms with Crippen molar-refractivity contribution >= 4 is 15.2 Å². The van der Waals surface area contributed by atoms with Crippen molar-refractivity contribution in [1.82, 2.24) is 0 Å². The monoisotopic (exact) mass is 446 g/mol. The van der Waals surface area contributed by atoms with E-state index in [1.54, 1.807) is 34.6 Å². The fraction of sp³-hybridized carbons (Fsp3) is 1.00. The number of hydrogen-bond donors (Lipinski definition) is 0. The second-order valence-corrected chi connectivity index (χ2v) is 11.4. The molecule has 1 unspecified atom stereocenters. The molecule has 2 rings (SSSR count). The molecule has 166 valence electrons. The Balaban J connectivity index is 2.07. The van der Waals surface area contributed by atoms with Crippen LogP contribution in [0.4, 0.5) is 0 Å². The second kappa shape index (κ2) is 9.96. The topological polar surface area (TPSA) is 108 Å². The predicted octanol–water partition coefficient (Wildman–Crippen LogP) is 3.35. The summed E-state index contributed by atoms with van der Waals surface area (Å²) in [6.07, 6.45) is -2.12. The molecule has 0 aromatic carbocycles. The lowest BCUT2D eigenvalue weighted by atomic mass is 10.1. The minimum Gasteiger partial charge on any atom is -0.353 e. The van der Waals surface area contributed by atoms with Crippen LogP contribution in [0, 0.1) is 0 Å². The molecule has 0 aliphatic carbocycles. The van der Waals surface area contributed by atoms with Gasteiger partial charge < -0.3 is 37.0 Å². The first kappa shape index (κ1) is 24.4. The van der Waals surface area contributed by atoms with Crippen LogP contribution in [0.3, 0.4) is 0 Å². The van der Waals surface area contributed by atoms with E-state index >= 15 is 0 Å². The minimum atomic E-state index is -3.78. The Hall–Kier alpha value is 0.140. The Kier molecular flexibility index (Phi) is 8.69. The third-order valence-electron chi connectivity index (χ3n) is 4.10. The van der Waals surface area contributed by atoms with E-state index in [2.05, 4.69) is 0 Å². The summed E-state index contributed by atoms with van der Waals surface area (Å²) in [6, 6.07) is 0. The summed E-state index contributed by atoms with van der Waals surface area (Å²) < 4.78 is 70.1. The van der Waals surface area contributed by atoms with Crippen LogP contribution < -0.4 is 0 Å². The van der Waals surface area contributed by atoms with Crippen molar-refractivity contribution in [1.29, 1.82) is 0 Å². The molecule has 2 fully saturated rings. The SMILES string of the molecule is CCOP(=O)(CP(=O)(OCC)OC[C@H]1O[C@@H](OC)[C@@H]2OC(C)(C)O[C@@H]21)OCC. The van der Waals surface area contributed by atoms with Crippen LogP contribution in [0.15, 0.2) is 0 Å². The van der Waals surface area contributed by atoms with Crippen molar-refractivity contribution in [2.45, 2.75) is 65.0 Å². The van der Waals surface area contributed by atoms with E-state index in [-0.39, 0.29) is 26.4 Å². The number of hydrogen-bond acceptors (Lipinski definition) is 10. The number of fused-ring (bicyclic) bond motifs is 1. The number of rotatable bonds is 12. The van der Waals surface area contributed by atoms with Gasteiger partial charge in [-0.3, -0.25) is 9.13 Å². The summed E-state index contributed by atoms with van der Waals surface area (Å²) in [5.74, 6) is -1.27. The van der Waals surface area contributed by atoms with E-state index in [1.165, 1.54) is 7.11 Å². The van der Waals surface area contributed by atoms with Gasteiger partial charge in [-0.2, -0.15) is 0 Å². The van der Waals surface area contributed by atoms with E-state index in [9.17, 15) is 9.13 Å². The van der Waals surface area contributed by atoms with E-state index < -0.39 is 51.5 Å². The summed E-state index contributed by atoms with van der Waals surface area (Å²) >= 11 is 0. The molecule has 0 aromatic heterocycles. The fourth-order valence-corrected chi connectivity index (χ4v) is 7.90. The highest BCUT2D eigenvalue weighted by atomic mass is 31.2. The second-order valence-electron chi connectivity index (χ2n) is 6.76. The Morgan fingerprint density at radius 3 is 1.86 bits per heavy atom. The highest BCUT2D eigenvalue weighted by Gasteiger charge is 2.56. The van der Waals surface area contributed by atoms with E-state index in [4.69, 9.17) is 37.0 Å². The number of methoxy groups -OCH3 is 1. The highest BCUT2D eigenvalue weighted by Crippen LogP contribution is 2.64. The molecular formula is C16H32O10P2. The first-order valence-electron chi connectivity index (χ1n) is 9.41. The molecule has 2 heterocycles. The zero-order chi connectivity index (χ0) is 21.0. The quantitative estimate of drug-likeness (QED) is 0.414. The van der Waals surface area contributed by atoms with Crippen molar-refractivity contribution in [3.63, 3.8) is 0 Å². The molecule has 0 N–H and O–H groups in total. The van der Waals surface area contributed by atoms with Gasteiger partial charge in [0.25, 0.3) is 0 Å². The van der Waals surface area contributed by atoms with Crippen LogP contribution in [-0.4, -0.2) is 69.8 Å². The smallest absolute Gasteiger partial charge is 0.342 e. The highest BCUT2D eigenvalue weighted by molar-refractivity contribution is 7.71. The molecule has 5 atom stereocenters. The third kappa shape index (κ3) is 6.08. The van der Waals surface area contributed by atoms with Crippen molar-refractivity contribution in [3.05, 3.63) is 0 Å². The van der Waals surface area contributed by atoms with Crippen LogP contribution in [0.1, 0.15) is 34.6 Å². The van der Waals surface area contributed by atoms with Crippen LogP contribution in [-0.2, 0) is 46.2 Å². The average Bonchev–Trinajstić information content (AvgIpc) is 3.06. The maximum atomic E-state index is 13.2. The molecular weight excluding hydrogens is 414 g/mol. The van der Waals surface area contributed by atoms with Crippen LogP contribution in [0.5, 0.6) is 0 Å². The lowest BCUT2D eigenvalue weighted by Gasteiger charge is -2.26. The van der Waals surface area contributed by atoms with Crippen LogP contribution >= 0.6 is 15.2 Å². The molecule has 28 heavy (non-hydrogen) atoms. The van der Waals surface area contributed by atoms with Gasteiger partial charge in [0.2, 0.25) is 0 Å². The van der Waals surface area contributed by atoms with Gasteiger partial charge in [0.05, 0.1) is 26.4 Å². The molecule has 10 nitrogen and oxygen atoms in total. The Labute approximate surface area is 166 Å². The van der Waals surface area contributed by atoms with Crippen molar-refractivity contribution in [2.75, 3.05) is 39.4 Å². The van der Waals surface area contributed by atoms with Gasteiger partial charge in [-0.1, -0.05) is 0 Å². The van der Waals surface area contributed by atoms with Gasteiger partial charge in [-0.25, -0.2) is 0 Å². The molecule has 0 aromatic rings. The first-order chi connectivity index (χ1) is 13.1. The van der Waals surface area contributed by atoms with Gasteiger partial charge in [-0.05, 0) is 34.6 Å². The van der Waals surface area contributed by atoms with E-state index in [0.717, 1.165) is 0 Å². The first-order valence-corrected chi connectivity index (χ1v) is 12.9.